The Kier molecular flexibility index (Phi) is 12.2. The number of rotatable bonds is 6. The molecule has 2 saturated carbocycles. The van der Waals surface area contributed by atoms with Crippen molar-refractivity contribution in [2.45, 2.75) is 95.6 Å². The molecular formula is C41H56ClN3O6S. The lowest BCUT2D eigenvalue weighted by atomic mass is 9.70. The molecule has 5 aliphatic rings. The van der Waals surface area contributed by atoms with E-state index in [1.54, 1.807) is 6.07 Å². The second-order valence-electron chi connectivity index (χ2n) is 15.9. The molecule has 3 heterocycles. The molecule has 52 heavy (non-hydrogen) atoms. The summed E-state index contributed by atoms with van der Waals surface area (Å²) >= 11 is 6.40. The monoisotopic (exact) mass is 753 g/mol. The number of benzene rings is 2. The molecule has 2 aromatic rings. The number of hydrogen-bond acceptors (Lipinski definition) is 8. The molecule has 0 spiro atoms. The van der Waals surface area contributed by atoms with Crippen LogP contribution in [0.4, 0.5) is 5.69 Å². The van der Waals surface area contributed by atoms with Gasteiger partial charge in [0, 0.05) is 42.8 Å². The Labute approximate surface area is 315 Å². The van der Waals surface area contributed by atoms with Gasteiger partial charge >= 0.3 is 0 Å². The van der Waals surface area contributed by atoms with Crippen LogP contribution in [0.1, 0.15) is 86.7 Å². The number of halogens is 1. The molecule has 7 rings (SSSR count). The van der Waals surface area contributed by atoms with E-state index in [1.165, 1.54) is 5.56 Å². The number of aryl methyl sites for hydroxylation is 1. The number of allylic oxidation sites excluding steroid dienone is 1. The average molecular weight is 754 g/mol. The summed E-state index contributed by atoms with van der Waals surface area (Å²) in [5.74, 6) is 1.07. The predicted octanol–water partition coefficient (Wildman–Crippen LogP) is 7.02. The highest BCUT2D eigenvalue weighted by atomic mass is 35.5. The third-order valence-corrected chi connectivity index (χ3v) is 14.3. The van der Waals surface area contributed by atoms with Crippen LogP contribution in [0.5, 0.6) is 5.75 Å². The summed E-state index contributed by atoms with van der Waals surface area (Å²) in [5.41, 5.74) is 3.45. The lowest BCUT2D eigenvalue weighted by Gasteiger charge is -2.44. The van der Waals surface area contributed by atoms with Crippen LogP contribution in [0, 0.1) is 23.7 Å². The number of anilines is 1. The minimum atomic E-state index is -3.94. The van der Waals surface area contributed by atoms with E-state index in [4.69, 9.17) is 25.8 Å². The molecule has 11 heteroatoms. The molecule has 0 unspecified atom stereocenters. The fourth-order valence-corrected chi connectivity index (χ4v) is 10.5. The third kappa shape index (κ3) is 9.17. The first-order chi connectivity index (χ1) is 25.1. The van der Waals surface area contributed by atoms with Gasteiger partial charge in [0.25, 0.3) is 5.91 Å². The predicted molar refractivity (Wildman–Crippen MR) is 206 cm³/mol. The molecule has 1 N–H and O–H groups in total. The first-order valence-electron chi connectivity index (χ1n) is 19.6. The van der Waals surface area contributed by atoms with Gasteiger partial charge in [0.2, 0.25) is 10.0 Å². The summed E-state index contributed by atoms with van der Waals surface area (Å²) in [4.78, 5) is 18.6. The number of carbonyl (C=O) groups is 1. The number of morpholine rings is 1. The number of ether oxygens (including phenoxy) is 3. The van der Waals surface area contributed by atoms with E-state index in [0.717, 1.165) is 101 Å². The molecule has 9 nitrogen and oxygen atoms in total. The Bertz CT molecular complexity index is 1690. The van der Waals surface area contributed by atoms with E-state index in [-0.39, 0.29) is 18.1 Å². The van der Waals surface area contributed by atoms with Crippen molar-refractivity contribution in [3.05, 3.63) is 70.3 Å². The summed E-state index contributed by atoms with van der Waals surface area (Å²) in [6.07, 6.45) is 12.6. The molecule has 2 aromatic carbocycles. The number of fused-ring (bicyclic) bond motifs is 3. The number of amides is 1. The second-order valence-corrected chi connectivity index (χ2v) is 18.3. The van der Waals surface area contributed by atoms with Crippen molar-refractivity contribution in [1.82, 2.24) is 9.62 Å². The van der Waals surface area contributed by atoms with E-state index >= 15 is 0 Å². The van der Waals surface area contributed by atoms with Crippen LogP contribution in [0.2, 0.25) is 5.02 Å². The zero-order valence-corrected chi connectivity index (χ0v) is 32.4. The molecule has 1 amide bonds. The summed E-state index contributed by atoms with van der Waals surface area (Å²) in [6.45, 7) is 10.2. The molecule has 3 fully saturated rings. The van der Waals surface area contributed by atoms with E-state index in [9.17, 15) is 13.2 Å². The normalized spacial score (nSPS) is 29.9. The van der Waals surface area contributed by atoms with E-state index in [1.807, 2.05) is 37.3 Å². The van der Waals surface area contributed by atoms with Gasteiger partial charge in [-0.15, -0.1) is 0 Å². The van der Waals surface area contributed by atoms with E-state index in [2.05, 4.69) is 33.6 Å². The van der Waals surface area contributed by atoms with Crippen LogP contribution in [-0.4, -0.2) is 82.6 Å². The lowest BCUT2D eigenvalue weighted by Crippen LogP contribution is -2.47. The van der Waals surface area contributed by atoms with E-state index in [0.29, 0.717) is 55.1 Å². The van der Waals surface area contributed by atoms with Crippen molar-refractivity contribution >= 4 is 33.2 Å². The fourth-order valence-electron chi connectivity index (χ4n) is 8.50. The van der Waals surface area contributed by atoms with Crippen molar-refractivity contribution < 1.29 is 27.4 Å². The van der Waals surface area contributed by atoms with Gasteiger partial charge < -0.3 is 19.1 Å². The van der Waals surface area contributed by atoms with Crippen LogP contribution in [0.3, 0.4) is 0 Å². The van der Waals surface area contributed by atoms with Crippen molar-refractivity contribution in [2.75, 3.05) is 50.9 Å². The summed E-state index contributed by atoms with van der Waals surface area (Å²) < 4.78 is 49.5. The van der Waals surface area contributed by atoms with Gasteiger partial charge in [0.1, 0.15) is 12.4 Å². The summed E-state index contributed by atoms with van der Waals surface area (Å²) in [5, 5.41) is 0.0626. The van der Waals surface area contributed by atoms with Gasteiger partial charge in [-0.25, -0.2) is 13.1 Å². The summed E-state index contributed by atoms with van der Waals surface area (Å²) in [6, 6.07) is 11.6. The SMILES string of the molecule is C[C@@H]1C/C=C/[C@H](OC[C@@H](C)N2CCOCC2)[C@@H]2CC[C@H]2CN2CCCCc3cc(Cl)ccc3COc3ccc(cc32)C(=O)NS(=O)(=O)[C@H]1CC1CC1. The largest absolute Gasteiger partial charge is 0.487 e. The maximum Gasteiger partial charge on any atom is 0.264 e. The molecule has 0 aromatic heterocycles. The first-order valence-corrected chi connectivity index (χ1v) is 21.5. The standard InChI is InChI=1S/C41H56ClN3O6S/c1-28-6-5-8-38(50-26-29(2)44-18-20-49-21-19-44)36-15-12-33(36)25-45-17-4-3-7-31-23-35(42)14-11-34(31)27-51-39-16-13-32(24-37(39)45)41(46)43-52(47,48)40(28)22-30-9-10-30/h5,8,11,13-14,16,23-24,28-30,33,36,38,40H,3-4,6-7,9-10,12,15,17-22,25-27H2,1-2H3,(H,43,46)/b8-5+/t28-,29-,33+,36-,38+,40+/m1/s1. The van der Waals surface area contributed by atoms with Crippen LogP contribution < -0.4 is 14.4 Å². The van der Waals surface area contributed by atoms with Crippen LogP contribution in [0.15, 0.2) is 48.6 Å². The first kappa shape index (κ1) is 37.7. The number of hydrogen-bond donors (Lipinski definition) is 1. The van der Waals surface area contributed by atoms with Crippen LogP contribution in [0.25, 0.3) is 0 Å². The molecule has 284 valence electrons. The highest BCUT2D eigenvalue weighted by Gasteiger charge is 2.40. The molecular weight excluding hydrogens is 698 g/mol. The Hall–Kier alpha value is -2.63. The number of nitrogens with zero attached hydrogens (tertiary/aromatic N) is 2. The topological polar surface area (TPSA) is 97.4 Å². The zero-order valence-electron chi connectivity index (χ0n) is 30.8. The van der Waals surface area contributed by atoms with Gasteiger partial charge in [-0.2, -0.15) is 0 Å². The Morgan fingerprint density at radius 3 is 2.62 bits per heavy atom. The fraction of sp³-hybridized carbons (Fsp3) is 0.634. The Morgan fingerprint density at radius 2 is 1.85 bits per heavy atom. The van der Waals surface area contributed by atoms with Gasteiger partial charge in [-0.3, -0.25) is 9.69 Å². The molecule has 3 aliphatic heterocycles. The van der Waals surface area contributed by atoms with Crippen LogP contribution >= 0.6 is 11.6 Å². The highest BCUT2D eigenvalue weighted by Crippen LogP contribution is 2.42. The number of carbonyl (C=O) groups excluding carboxylic acids is 1. The second kappa shape index (κ2) is 16.8. The Balaban J connectivity index is 1.22. The number of nitrogens with one attached hydrogen (secondary N) is 1. The lowest BCUT2D eigenvalue weighted by molar-refractivity contribution is -0.0498. The average Bonchev–Trinajstić information content (AvgIpc) is 3.95. The van der Waals surface area contributed by atoms with Gasteiger partial charge in [0.15, 0.2) is 0 Å². The molecule has 2 bridgehead atoms. The third-order valence-electron chi connectivity index (χ3n) is 12.2. The summed E-state index contributed by atoms with van der Waals surface area (Å²) in [7, 11) is -3.94. The number of sulfonamides is 1. The van der Waals surface area contributed by atoms with Gasteiger partial charge in [-0.1, -0.05) is 49.6 Å². The van der Waals surface area contributed by atoms with Gasteiger partial charge in [0.05, 0.1) is 36.9 Å². The van der Waals surface area contributed by atoms with Crippen molar-refractivity contribution in [1.29, 1.82) is 0 Å². The Morgan fingerprint density at radius 1 is 1.02 bits per heavy atom. The molecule has 0 radical (unpaired) electrons. The quantitative estimate of drug-likeness (QED) is 0.315. The van der Waals surface area contributed by atoms with Crippen molar-refractivity contribution in [3.63, 3.8) is 0 Å². The minimum Gasteiger partial charge on any atom is -0.487 e. The highest BCUT2D eigenvalue weighted by molar-refractivity contribution is 7.90. The van der Waals surface area contributed by atoms with Crippen molar-refractivity contribution in [2.24, 2.45) is 23.7 Å². The van der Waals surface area contributed by atoms with Gasteiger partial charge in [-0.05, 0) is 117 Å². The molecule has 1 saturated heterocycles. The molecule has 2 aliphatic carbocycles. The smallest absolute Gasteiger partial charge is 0.264 e. The molecule has 6 atom stereocenters. The van der Waals surface area contributed by atoms with E-state index < -0.39 is 21.2 Å². The van der Waals surface area contributed by atoms with Crippen LogP contribution in [-0.2, 0) is 32.5 Å². The zero-order chi connectivity index (χ0) is 36.2. The van der Waals surface area contributed by atoms with Crippen molar-refractivity contribution in [3.8, 4) is 5.75 Å². The maximum absolute atomic E-state index is 14.0. The maximum atomic E-state index is 14.0. The minimum absolute atomic E-state index is 0.0641.